The van der Waals surface area contributed by atoms with E-state index in [-0.39, 0.29) is 23.6 Å². The van der Waals surface area contributed by atoms with Crippen LogP contribution in [0.1, 0.15) is 50.9 Å². The van der Waals surface area contributed by atoms with E-state index in [9.17, 15) is 14.4 Å². The van der Waals surface area contributed by atoms with Gasteiger partial charge in [-0.3, -0.25) is 14.4 Å². The third-order valence-electron chi connectivity index (χ3n) is 5.17. The molecule has 1 fully saturated rings. The number of piperidine rings is 1. The number of ketones is 1. The van der Waals surface area contributed by atoms with E-state index in [0.29, 0.717) is 36.4 Å². The van der Waals surface area contributed by atoms with Crippen LogP contribution in [0.2, 0.25) is 0 Å². The van der Waals surface area contributed by atoms with Crippen molar-refractivity contribution in [2.75, 3.05) is 13.1 Å². The van der Waals surface area contributed by atoms with Crippen LogP contribution in [0, 0.1) is 19.8 Å². The number of aryl methyl sites for hydroxylation is 2. The van der Waals surface area contributed by atoms with Crippen LogP contribution < -0.4 is 0 Å². The number of hydrogen-bond donors (Lipinski definition) is 0. The third-order valence-corrected chi connectivity index (χ3v) is 6.03. The van der Waals surface area contributed by atoms with Crippen LogP contribution in [0.4, 0.5) is 0 Å². The van der Waals surface area contributed by atoms with Gasteiger partial charge in [-0.2, -0.15) is 0 Å². The smallest absolute Gasteiger partial charge is 0.309 e. The number of esters is 1. The normalized spacial score (nSPS) is 15.9. The fourth-order valence-corrected chi connectivity index (χ4v) is 4.11. The molecule has 1 aliphatic heterocycles. The average Bonchev–Trinajstić information content (AvgIpc) is 3.23. The van der Waals surface area contributed by atoms with Crippen molar-refractivity contribution < 1.29 is 19.1 Å². The summed E-state index contributed by atoms with van der Waals surface area (Å²) in [6.07, 6.45) is 0.291. The molecular formula is C22H25NO4S. The molecule has 3 rings (SSSR count). The first-order chi connectivity index (χ1) is 13.4. The number of likely N-dealkylation sites (tertiary alicyclic amines) is 1. The molecule has 1 atom stereocenters. The van der Waals surface area contributed by atoms with Crippen LogP contribution >= 0.6 is 11.3 Å². The molecule has 2 heterocycles. The quantitative estimate of drug-likeness (QED) is 0.562. The molecule has 1 amide bonds. The van der Waals surface area contributed by atoms with Crippen molar-refractivity contribution in [3.05, 3.63) is 57.3 Å². The van der Waals surface area contributed by atoms with Crippen molar-refractivity contribution in [2.45, 2.75) is 39.7 Å². The first-order valence-electron chi connectivity index (χ1n) is 9.51. The summed E-state index contributed by atoms with van der Waals surface area (Å²) in [5.41, 5.74) is 2.46. The Morgan fingerprint density at radius 2 is 1.86 bits per heavy atom. The maximum Gasteiger partial charge on any atom is 0.309 e. The lowest BCUT2D eigenvalue weighted by Gasteiger charge is -2.31. The van der Waals surface area contributed by atoms with Crippen LogP contribution in [0.3, 0.4) is 0 Å². The van der Waals surface area contributed by atoms with Crippen LogP contribution in [-0.4, -0.2) is 41.8 Å². The number of carbonyl (C=O) groups is 3. The molecule has 6 heteroatoms. The van der Waals surface area contributed by atoms with E-state index in [1.165, 1.54) is 11.3 Å². The minimum absolute atomic E-state index is 0.0142. The van der Waals surface area contributed by atoms with Crippen molar-refractivity contribution in [3.63, 3.8) is 0 Å². The Hall–Kier alpha value is -2.47. The highest BCUT2D eigenvalue weighted by atomic mass is 32.1. The van der Waals surface area contributed by atoms with Crippen molar-refractivity contribution in [3.8, 4) is 0 Å². The van der Waals surface area contributed by atoms with Gasteiger partial charge in [0.2, 0.25) is 5.78 Å². The molecule has 1 saturated heterocycles. The summed E-state index contributed by atoms with van der Waals surface area (Å²) >= 11 is 1.42. The number of Topliss-reactive ketones (excluding diaryl/α,β-unsaturated/α-hetero) is 1. The summed E-state index contributed by atoms with van der Waals surface area (Å²) in [5, 5.41) is 1.88. The Morgan fingerprint density at radius 1 is 1.14 bits per heavy atom. The topological polar surface area (TPSA) is 63.7 Å². The first kappa shape index (κ1) is 20.3. The van der Waals surface area contributed by atoms with Gasteiger partial charge in [0, 0.05) is 18.7 Å². The Kier molecular flexibility index (Phi) is 6.29. The molecule has 0 aliphatic carbocycles. The van der Waals surface area contributed by atoms with E-state index in [4.69, 9.17) is 4.74 Å². The van der Waals surface area contributed by atoms with Gasteiger partial charge in [-0.1, -0.05) is 23.8 Å². The number of rotatable bonds is 5. The fourth-order valence-electron chi connectivity index (χ4n) is 3.42. The maximum absolute atomic E-state index is 12.7. The fraction of sp³-hybridized carbons (Fsp3) is 0.409. The second-order valence-corrected chi connectivity index (χ2v) is 8.25. The molecule has 5 nitrogen and oxygen atoms in total. The molecule has 0 N–H and O–H groups in total. The molecule has 0 bridgehead atoms. The molecule has 0 unspecified atom stereocenters. The van der Waals surface area contributed by atoms with Gasteiger partial charge in [0.25, 0.3) is 5.91 Å². The van der Waals surface area contributed by atoms with Gasteiger partial charge in [-0.15, -0.1) is 11.3 Å². The second kappa shape index (κ2) is 8.69. The van der Waals surface area contributed by atoms with E-state index >= 15 is 0 Å². The van der Waals surface area contributed by atoms with Gasteiger partial charge in [-0.25, -0.2) is 0 Å². The SMILES string of the molecule is Cc1ccc(C)c(C(=O)[C@H](C)OC(=O)C2CCN(C(=O)c3cccs3)CC2)c1. The predicted molar refractivity (Wildman–Crippen MR) is 109 cm³/mol. The molecule has 28 heavy (non-hydrogen) atoms. The van der Waals surface area contributed by atoms with Crippen LogP contribution in [0.5, 0.6) is 0 Å². The van der Waals surface area contributed by atoms with E-state index in [0.717, 1.165) is 11.1 Å². The molecule has 0 radical (unpaired) electrons. The summed E-state index contributed by atoms with van der Waals surface area (Å²) in [7, 11) is 0. The van der Waals surface area contributed by atoms with Crippen molar-refractivity contribution in [1.82, 2.24) is 4.90 Å². The van der Waals surface area contributed by atoms with E-state index in [2.05, 4.69) is 0 Å². The lowest BCUT2D eigenvalue weighted by atomic mass is 9.96. The lowest BCUT2D eigenvalue weighted by molar-refractivity contribution is -0.152. The summed E-state index contributed by atoms with van der Waals surface area (Å²) in [4.78, 5) is 40.1. The van der Waals surface area contributed by atoms with Crippen molar-refractivity contribution >= 4 is 29.0 Å². The minimum atomic E-state index is -0.821. The number of benzene rings is 1. The van der Waals surface area contributed by atoms with Gasteiger partial charge in [-0.05, 0) is 56.7 Å². The van der Waals surface area contributed by atoms with E-state index in [1.54, 1.807) is 11.8 Å². The van der Waals surface area contributed by atoms with Crippen molar-refractivity contribution in [2.24, 2.45) is 5.92 Å². The Morgan fingerprint density at radius 3 is 2.50 bits per heavy atom. The van der Waals surface area contributed by atoms with Crippen LogP contribution in [0.15, 0.2) is 35.7 Å². The van der Waals surface area contributed by atoms with Gasteiger partial charge in [0.15, 0.2) is 6.10 Å². The third kappa shape index (κ3) is 4.50. The summed E-state index contributed by atoms with van der Waals surface area (Å²) in [5.74, 6) is -0.796. The number of amides is 1. The minimum Gasteiger partial charge on any atom is -0.454 e. The highest BCUT2D eigenvalue weighted by Crippen LogP contribution is 2.23. The number of ether oxygens (including phenoxy) is 1. The maximum atomic E-state index is 12.7. The molecular weight excluding hydrogens is 374 g/mol. The molecule has 1 aliphatic rings. The summed E-state index contributed by atoms with van der Waals surface area (Å²) < 4.78 is 5.48. The van der Waals surface area contributed by atoms with Gasteiger partial charge >= 0.3 is 5.97 Å². The van der Waals surface area contributed by atoms with Crippen molar-refractivity contribution in [1.29, 1.82) is 0 Å². The second-order valence-electron chi connectivity index (χ2n) is 7.31. The van der Waals surface area contributed by atoms with Crippen LogP contribution in [-0.2, 0) is 9.53 Å². The molecule has 1 aromatic carbocycles. The standard InChI is InChI=1S/C22H25NO4S/c1-14-6-7-15(2)18(13-14)20(24)16(3)27-22(26)17-8-10-23(11-9-17)21(25)19-5-4-12-28-19/h4-7,12-13,16-17H,8-11H2,1-3H3/t16-/m0/s1. The summed E-state index contributed by atoms with van der Waals surface area (Å²) in [6, 6.07) is 9.35. The monoisotopic (exact) mass is 399 g/mol. The molecule has 0 saturated carbocycles. The average molecular weight is 400 g/mol. The van der Waals surface area contributed by atoms with Gasteiger partial charge in [0.05, 0.1) is 10.8 Å². The zero-order chi connectivity index (χ0) is 20.3. The lowest BCUT2D eigenvalue weighted by Crippen LogP contribution is -2.41. The summed E-state index contributed by atoms with van der Waals surface area (Å²) in [6.45, 7) is 6.47. The predicted octanol–water partition coefficient (Wildman–Crippen LogP) is 4.03. The first-order valence-corrected chi connectivity index (χ1v) is 10.4. The number of carbonyl (C=O) groups excluding carboxylic acids is 3. The zero-order valence-corrected chi connectivity index (χ0v) is 17.3. The molecule has 1 aromatic heterocycles. The van der Waals surface area contributed by atoms with Gasteiger partial charge < -0.3 is 9.64 Å². The van der Waals surface area contributed by atoms with Gasteiger partial charge in [0.1, 0.15) is 0 Å². The molecule has 2 aromatic rings. The Bertz CT molecular complexity index is 867. The number of thiophene rings is 1. The molecule has 0 spiro atoms. The Balaban J connectivity index is 1.54. The van der Waals surface area contributed by atoms with E-state index in [1.807, 2.05) is 49.6 Å². The van der Waals surface area contributed by atoms with E-state index < -0.39 is 6.10 Å². The highest BCUT2D eigenvalue weighted by molar-refractivity contribution is 7.12. The molecule has 148 valence electrons. The highest BCUT2D eigenvalue weighted by Gasteiger charge is 2.31. The zero-order valence-electron chi connectivity index (χ0n) is 16.4. The number of nitrogens with zero attached hydrogens (tertiary/aromatic N) is 1. The number of hydrogen-bond acceptors (Lipinski definition) is 5. The Labute approximate surface area is 169 Å². The van der Waals surface area contributed by atoms with Crippen LogP contribution in [0.25, 0.3) is 0 Å². The largest absolute Gasteiger partial charge is 0.454 e.